The van der Waals surface area contributed by atoms with Crippen molar-refractivity contribution in [2.45, 2.75) is 12.6 Å². The first-order chi connectivity index (χ1) is 9.74. The number of likely N-dealkylation sites (tertiary alicyclic amines) is 1. The molecule has 0 spiro atoms. The van der Waals surface area contributed by atoms with Gasteiger partial charge in [-0.2, -0.15) is 13.2 Å². The number of rotatable bonds is 3. The molecule has 1 aromatic carbocycles. The molecule has 4 nitrogen and oxygen atoms in total. The number of nitrogens with one attached hydrogen (secondary N) is 1. The summed E-state index contributed by atoms with van der Waals surface area (Å²) in [4.78, 5) is 24.0. The highest BCUT2D eigenvalue weighted by molar-refractivity contribution is 5.97. The Kier molecular flexibility index (Phi) is 4.15. The van der Waals surface area contributed by atoms with Crippen LogP contribution in [0.25, 0.3) is 0 Å². The second kappa shape index (κ2) is 5.71. The van der Waals surface area contributed by atoms with E-state index in [9.17, 15) is 27.2 Å². The standard InChI is InChI=1S/C13H12F4N2O2/c14-9-1-3-10(4-2-9)18-12(21)8-5-11(20)19(6-8)7-13(15,16)17/h1-4,8H,5-7H2,(H,18,21)/t8-/m1/s1. The van der Waals surface area contributed by atoms with Crippen molar-refractivity contribution in [1.29, 1.82) is 0 Å². The molecule has 0 radical (unpaired) electrons. The number of hydrogen-bond acceptors (Lipinski definition) is 2. The quantitative estimate of drug-likeness (QED) is 0.870. The van der Waals surface area contributed by atoms with E-state index in [1.807, 2.05) is 0 Å². The van der Waals surface area contributed by atoms with Gasteiger partial charge in [-0.3, -0.25) is 9.59 Å². The van der Waals surface area contributed by atoms with Crippen LogP contribution in [0, 0.1) is 11.7 Å². The van der Waals surface area contributed by atoms with Crippen LogP contribution in [0.15, 0.2) is 24.3 Å². The maximum Gasteiger partial charge on any atom is 0.406 e. The van der Waals surface area contributed by atoms with Crippen LogP contribution >= 0.6 is 0 Å². The summed E-state index contributed by atoms with van der Waals surface area (Å²) in [5, 5.41) is 2.45. The lowest BCUT2D eigenvalue weighted by molar-refractivity contribution is -0.157. The van der Waals surface area contributed by atoms with Crippen molar-refractivity contribution < 1.29 is 27.2 Å². The average Bonchev–Trinajstić information content (AvgIpc) is 2.72. The first-order valence-corrected chi connectivity index (χ1v) is 6.15. The molecule has 1 aliphatic rings. The van der Waals surface area contributed by atoms with Crippen LogP contribution in [0.4, 0.5) is 23.2 Å². The van der Waals surface area contributed by atoms with Gasteiger partial charge >= 0.3 is 6.18 Å². The predicted molar refractivity (Wildman–Crippen MR) is 65.8 cm³/mol. The number of carbonyl (C=O) groups is 2. The van der Waals surface area contributed by atoms with Gasteiger partial charge in [0, 0.05) is 18.7 Å². The zero-order chi connectivity index (χ0) is 15.6. The number of anilines is 1. The van der Waals surface area contributed by atoms with Gasteiger partial charge in [-0.1, -0.05) is 0 Å². The van der Waals surface area contributed by atoms with Crippen molar-refractivity contribution in [1.82, 2.24) is 4.90 Å². The van der Waals surface area contributed by atoms with Crippen LogP contribution in [0.1, 0.15) is 6.42 Å². The molecule has 114 valence electrons. The summed E-state index contributed by atoms with van der Waals surface area (Å²) < 4.78 is 49.5. The summed E-state index contributed by atoms with van der Waals surface area (Å²) in [6, 6.07) is 4.95. The normalized spacial score (nSPS) is 19.0. The molecule has 1 saturated heterocycles. The van der Waals surface area contributed by atoms with Crippen molar-refractivity contribution in [3.8, 4) is 0 Å². The number of carbonyl (C=O) groups excluding carboxylic acids is 2. The number of amides is 2. The fourth-order valence-electron chi connectivity index (χ4n) is 2.09. The van der Waals surface area contributed by atoms with Gasteiger partial charge in [-0.15, -0.1) is 0 Å². The maximum absolute atomic E-state index is 12.7. The Labute approximate surface area is 117 Å². The molecule has 1 aliphatic heterocycles. The Bertz CT molecular complexity index is 542. The van der Waals surface area contributed by atoms with Gasteiger partial charge in [0.25, 0.3) is 0 Å². The average molecular weight is 304 g/mol. The molecule has 1 N–H and O–H groups in total. The second-order valence-electron chi connectivity index (χ2n) is 4.79. The fourth-order valence-corrected chi connectivity index (χ4v) is 2.09. The smallest absolute Gasteiger partial charge is 0.333 e. The third-order valence-corrected chi connectivity index (χ3v) is 3.07. The largest absolute Gasteiger partial charge is 0.406 e. The molecule has 1 fully saturated rings. The summed E-state index contributed by atoms with van der Waals surface area (Å²) in [6.07, 6.45) is -4.75. The maximum atomic E-state index is 12.7. The molecule has 21 heavy (non-hydrogen) atoms. The van der Waals surface area contributed by atoms with Crippen LogP contribution in [-0.4, -0.2) is 36.0 Å². The van der Waals surface area contributed by atoms with E-state index in [1.54, 1.807) is 0 Å². The highest BCUT2D eigenvalue weighted by atomic mass is 19.4. The molecule has 0 aliphatic carbocycles. The first-order valence-electron chi connectivity index (χ1n) is 6.15. The fraction of sp³-hybridized carbons (Fsp3) is 0.385. The van der Waals surface area contributed by atoms with E-state index in [1.165, 1.54) is 12.1 Å². The van der Waals surface area contributed by atoms with Crippen LogP contribution in [0.2, 0.25) is 0 Å². The Hall–Kier alpha value is -2.12. The summed E-state index contributed by atoms with van der Waals surface area (Å²) in [5.41, 5.74) is 0.322. The van der Waals surface area contributed by atoms with Gasteiger partial charge < -0.3 is 10.2 Å². The monoisotopic (exact) mass is 304 g/mol. The molecular formula is C13H12F4N2O2. The molecule has 2 amide bonds. The number of nitrogens with zero attached hydrogens (tertiary/aromatic N) is 1. The van der Waals surface area contributed by atoms with Crippen LogP contribution in [-0.2, 0) is 9.59 Å². The number of hydrogen-bond donors (Lipinski definition) is 1. The minimum absolute atomic E-state index is 0.261. The van der Waals surface area contributed by atoms with Gasteiger partial charge in [0.15, 0.2) is 0 Å². The Morgan fingerprint density at radius 1 is 1.29 bits per heavy atom. The highest BCUT2D eigenvalue weighted by Crippen LogP contribution is 2.24. The second-order valence-corrected chi connectivity index (χ2v) is 4.79. The summed E-state index contributed by atoms with van der Waals surface area (Å²) in [6.45, 7) is -1.63. The van der Waals surface area contributed by atoms with E-state index in [0.717, 1.165) is 12.1 Å². The molecule has 0 bridgehead atoms. The zero-order valence-electron chi connectivity index (χ0n) is 10.8. The molecule has 0 aromatic heterocycles. The molecule has 1 atom stereocenters. The minimum Gasteiger partial charge on any atom is -0.333 e. The summed E-state index contributed by atoms with van der Waals surface area (Å²) in [7, 11) is 0. The molecular weight excluding hydrogens is 292 g/mol. The summed E-state index contributed by atoms with van der Waals surface area (Å²) in [5.74, 6) is -2.57. The lowest BCUT2D eigenvalue weighted by Gasteiger charge is -2.18. The van der Waals surface area contributed by atoms with Crippen molar-refractivity contribution in [3.63, 3.8) is 0 Å². The minimum atomic E-state index is -4.49. The molecule has 2 rings (SSSR count). The molecule has 0 unspecified atom stereocenters. The van der Waals surface area contributed by atoms with Crippen LogP contribution in [0.5, 0.6) is 0 Å². The number of halogens is 4. The number of benzene rings is 1. The van der Waals surface area contributed by atoms with E-state index in [4.69, 9.17) is 0 Å². The highest BCUT2D eigenvalue weighted by Gasteiger charge is 2.40. The van der Waals surface area contributed by atoms with Gasteiger partial charge in [-0.25, -0.2) is 4.39 Å². The Morgan fingerprint density at radius 2 is 1.90 bits per heavy atom. The third kappa shape index (κ3) is 4.17. The Balaban J connectivity index is 1.95. The summed E-state index contributed by atoms with van der Waals surface area (Å²) >= 11 is 0. The van der Waals surface area contributed by atoms with Crippen molar-refractivity contribution in [2.24, 2.45) is 5.92 Å². The number of alkyl halides is 3. The van der Waals surface area contributed by atoms with Crippen LogP contribution in [0.3, 0.4) is 0 Å². The van der Waals surface area contributed by atoms with Gasteiger partial charge in [0.05, 0.1) is 5.92 Å². The molecule has 0 saturated carbocycles. The predicted octanol–water partition coefficient (Wildman–Crippen LogP) is 2.17. The lowest BCUT2D eigenvalue weighted by atomic mass is 10.1. The Morgan fingerprint density at radius 3 is 2.48 bits per heavy atom. The molecule has 1 aromatic rings. The van der Waals surface area contributed by atoms with E-state index in [0.29, 0.717) is 10.6 Å². The van der Waals surface area contributed by atoms with Crippen LogP contribution < -0.4 is 5.32 Å². The van der Waals surface area contributed by atoms with Gasteiger partial charge in [-0.05, 0) is 24.3 Å². The van der Waals surface area contributed by atoms with E-state index >= 15 is 0 Å². The first kappa shape index (κ1) is 15.3. The van der Waals surface area contributed by atoms with Crippen molar-refractivity contribution in [2.75, 3.05) is 18.4 Å². The third-order valence-electron chi connectivity index (χ3n) is 3.07. The van der Waals surface area contributed by atoms with E-state index in [2.05, 4.69) is 5.32 Å². The molecule has 1 heterocycles. The SMILES string of the molecule is O=C(Nc1ccc(F)cc1)[C@@H]1CC(=O)N(CC(F)(F)F)C1. The van der Waals surface area contributed by atoms with Gasteiger partial charge in [0.1, 0.15) is 12.4 Å². The zero-order valence-corrected chi connectivity index (χ0v) is 10.8. The van der Waals surface area contributed by atoms with E-state index < -0.39 is 36.3 Å². The van der Waals surface area contributed by atoms with Crippen molar-refractivity contribution in [3.05, 3.63) is 30.1 Å². The van der Waals surface area contributed by atoms with E-state index in [-0.39, 0.29) is 13.0 Å². The molecule has 8 heteroatoms. The van der Waals surface area contributed by atoms with Gasteiger partial charge in [0.2, 0.25) is 11.8 Å². The lowest BCUT2D eigenvalue weighted by Crippen LogP contribution is -2.36. The topological polar surface area (TPSA) is 49.4 Å². The van der Waals surface area contributed by atoms with Crippen molar-refractivity contribution >= 4 is 17.5 Å².